The molecule has 83 heavy (non-hydrogen) atoms. The van der Waals surface area contributed by atoms with E-state index in [9.17, 15) is 0 Å². The van der Waals surface area contributed by atoms with E-state index >= 15 is 0 Å². The normalized spacial score (nSPS) is 12.0. The summed E-state index contributed by atoms with van der Waals surface area (Å²) in [5.41, 5.74) is 24.3. The molecule has 0 aliphatic heterocycles. The van der Waals surface area contributed by atoms with Crippen LogP contribution in [0.15, 0.2) is 279 Å². The smallest absolute Gasteiger partial charge is 0.0541 e. The molecule has 0 amide bonds. The number of hydrogen-bond donors (Lipinski definition) is 0. The van der Waals surface area contributed by atoms with Crippen molar-refractivity contribution in [2.75, 3.05) is 0 Å². The number of nitrogens with zero attached hydrogens (tertiary/aromatic N) is 2. The van der Waals surface area contributed by atoms with Crippen molar-refractivity contribution < 1.29 is 0 Å². The summed E-state index contributed by atoms with van der Waals surface area (Å²) in [4.78, 5) is 0. The number of aromatic nitrogens is 2. The van der Waals surface area contributed by atoms with E-state index in [4.69, 9.17) is 0 Å². The molecule has 15 rings (SSSR count). The third-order valence-electron chi connectivity index (χ3n) is 17.5. The van der Waals surface area contributed by atoms with Crippen molar-refractivity contribution in [3.8, 4) is 78.1 Å². The minimum Gasteiger partial charge on any atom is -0.309 e. The minimum atomic E-state index is 0.0875. The van der Waals surface area contributed by atoms with Gasteiger partial charge in [0.15, 0.2) is 0 Å². The minimum absolute atomic E-state index is 0.0875. The maximum absolute atomic E-state index is 2.46. The Hall–Kier alpha value is -10.0. The average molecular weight is 1060 g/mol. The highest BCUT2D eigenvalue weighted by Crippen LogP contribution is 2.48. The fraction of sp³-hybridized carbons (Fsp3) is 0.0864. The van der Waals surface area contributed by atoms with Crippen LogP contribution >= 0.6 is 0 Å². The second-order valence-corrected chi connectivity index (χ2v) is 23.9. The van der Waals surface area contributed by atoms with Crippen LogP contribution < -0.4 is 0 Å². The fourth-order valence-corrected chi connectivity index (χ4v) is 13.1. The molecule has 0 bridgehead atoms. The van der Waals surface area contributed by atoms with E-state index in [1.165, 1.54) is 143 Å². The van der Waals surface area contributed by atoms with Crippen molar-refractivity contribution in [1.82, 2.24) is 9.13 Å². The van der Waals surface area contributed by atoms with Crippen LogP contribution in [0.5, 0.6) is 0 Å². The van der Waals surface area contributed by atoms with Gasteiger partial charge in [0.25, 0.3) is 0 Å². The summed E-state index contributed by atoms with van der Waals surface area (Å²) in [6.45, 7) is 11.3. The lowest BCUT2D eigenvalue weighted by molar-refractivity contribution is 0.590. The highest BCUT2D eigenvalue weighted by atomic mass is 15.0. The van der Waals surface area contributed by atoms with Gasteiger partial charge in [-0.2, -0.15) is 0 Å². The van der Waals surface area contributed by atoms with E-state index in [0.717, 1.165) is 11.4 Å². The first-order valence-electron chi connectivity index (χ1n) is 29.2. The van der Waals surface area contributed by atoms with Crippen LogP contribution in [0, 0.1) is 0 Å². The largest absolute Gasteiger partial charge is 0.309 e. The molecule has 2 nitrogen and oxygen atoms in total. The molecule has 0 radical (unpaired) electrons. The topological polar surface area (TPSA) is 9.86 Å². The summed E-state index contributed by atoms with van der Waals surface area (Å²) >= 11 is 0. The molecule has 0 saturated carbocycles. The lowest BCUT2D eigenvalue weighted by atomic mass is 9.84. The van der Waals surface area contributed by atoms with Crippen LogP contribution in [0.3, 0.4) is 0 Å². The highest BCUT2D eigenvalue weighted by Gasteiger charge is 2.22. The van der Waals surface area contributed by atoms with Crippen LogP contribution in [0.4, 0.5) is 0 Å². The summed E-state index contributed by atoms with van der Waals surface area (Å²) in [5, 5.41) is 9.84. The molecule has 0 saturated heterocycles. The molecule has 0 fully saturated rings. The maximum Gasteiger partial charge on any atom is 0.0541 e. The molecular weight excluding hydrogens is 1000 g/mol. The molecule has 0 aliphatic rings. The Morgan fingerprint density at radius 3 is 0.880 bits per heavy atom. The quantitative estimate of drug-likeness (QED) is 0.128. The van der Waals surface area contributed by atoms with Gasteiger partial charge in [0, 0.05) is 32.9 Å². The Labute approximate surface area is 485 Å². The molecule has 0 aliphatic carbocycles. The first kappa shape index (κ1) is 50.0. The third-order valence-corrected chi connectivity index (χ3v) is 17.5. The fourth-order valence-electron chi connectivity index (χ4n) is 13.1. The standard InChI is InChI=1S/C81H62N2/c1-52(2)53-26-28-54(29-27-53)58-34-42-75-69(46-58)71-48-62(36-44-77(71)82(75)65-22-14-8-15-23-65)60-32-40-67-73(50-60)79(56-18-10-6-11-19-56)68-41-33-61(51-74(68)80(67)57-20-12-7-13-21-57)63-37-45-78-72(49-63)70-47-59(55-30-38-64(39-31-55)81(3,4)5)35-43-76(70)83(78)66-24-16-9-17-25-66/h6-52H,1-5H3. The van der Waals surface area contributed by atoms with Gasteiger partial charge in [0.2, 0.25) is 0 Å². The zero-order valence-electron chi connectivity index (χ0n) is 47.5. The number of para-hydroxylation sites is 2. The maximum atomic E-state index is 2.46. The first-order valence-corrected chi connectivity index (χ1v) is 29.2. The van der Waals surface area contributed by atoms with Gasteiger partial charge in [-0.25, -0.2) is 0 Å². The first-order chi connectivity index (χ1) is 40.6. The Balaban J connectivity index is 0.919. The zero-order chi connectivity index (χ0) is 55.9. The van der Waals surface area contributed by atoms with Crippen LogP contribution in [-0.2, 0) is 5.41 Å². The summed E-state index contributed by atoms with van der Waals surface area (Å²) in [6, 6.07) is 104. The SMILES string of the molecule is CC(C)c1ccc(-c2ccc3c(c2)c2cc(-c4ccc5c(-c6ccccc6)c6cc(-c7ccc8c(c7)c7cc(-c9ccc(C(C)(C)C)cc9)ccc7n8-c7ccccc7)ccc6c(-c6ccccc6)c5c4)ccc2n3-c2ccccc2)cc1. The Kier molecular flexibility index (Phi) is 12.0. The van der Waals surface area contributed by atoms with Gasteiger partial charge < -0.3 is 9.13 Å². The van der Waals surface area contributed by atoms with Gasteiger partial charge in [-0.15, -0.1) is 0 Å². The zero-order valence-corrected chi connectivity index (χ0v) is 47.5. The van der Waals surface area contributed by atoms with Crippen molar-refractivity contribution in [2.24, 2.45) is 0 Å². The number of fused-ring (bicyclic) bond motifs is 8. The lowest BCUT2D eigenvalue weighted by Crippen LogP contribution is -2.10. The summed E-state index contributed by atoms with van der Waals surface area (Å²) in [5.74, 6) is 0.483. The van der Waals surface area contributed by atoms with E-state index in [1.807, 2.05) is 0 Å². The van der Waals surface area contributed by atoms with E-state index in [1.54, 1.807) is 0 Å². The molecule has 2 aromatic heterocycles. The van der Waals surface area contributed by atoms with E-state index in [-0.39, 0.29) is 5.41 Å². The summed E-state index contributed by atoms with van der Waals surface area (Å²) < 4.78 is 4.84. The number of rotatable bonds is 9. The molecule has 0 unspecified atom stereocenters. The van der Waals surface area contributed by atoms with Gasteiger partial charge in [-0.1, -0.05) is 229 Å². The molecule has 0 N–H and O–H groups in total. The molecular formula is C81H62N2. The highest BCUT2D eigenvalue weighted by molar-refractivity contribution is 6.23. The monoisotopic (exact) mass is 1060 g/mol. The van der Waals surface area contributed by atoms with Crippen LogP contribution in [0.2, 0.25) is 0 Å². The van der Waals surface area contributed by atoms with E-state index < -0.39 is 0 Å². The van der Waals surface area contributed by atoms with Gasteiger partial charge in [0.05, 0.1) is 22.1 Å². The second-order valence-electron chi connectivity index (χ2n) is 23.9. The number of benzene rings is 13. The van der Waals surface area contributed by atoms with Crippen molar-refractivity contribution in [3.63, 3.8) is 0 Å². The Morgan fingerprint density at radius 2 is 0.542 bits per heavy atom. The predicted molar refractivity (Wildman–Crippen MR) is 356 cm³/mol. The van der Waals surface area contributed by atoms with Gasteiger partial charge in [0.1, 0.15) is 0 Å². The van der Waals surface area contributed by atoms with Crippen molar-refractivity contribution >= 4 is 65.2 Å². The molecule has 396 valence electrons. The molecule has 2 heterocycles. The second kappa shape index (κ2) is 19.9. The van der Waals surface area contributed by atoms with Gasteiger partial charge in [-0.05, 0) is 196 Å². The van der Waals surface area contributed by atoms with Crippen LogP contribution in [-0.4, -0.2) is 9.13 Å². The third kappa shape index (κ3) is 8.64. The summed E-state index contributed by atoms with van der Waals surface area (Å²) in [6.07, 6.45) is 0. The van der Waals surface area contributed by atoms with E-state index in [0.29, 0.717) is 5.92 Å². The predicted octanol–water partition coefficient (Wildman–Crippen LogP) is 22.6. The van der Waals surface area contributed by atoms with E-state index in [2.05, 4.69) is 323 Å². The van der Waals surface area contributed by atoms with Crippen molar-refractivity contribution in [3.05, 3.63) is 290 Å². The molecule has 13 aromatic carbocycles. The van der Waals surface area contributed by atoms with Crippen molar-refractivity contribution in [1.29, 1.82) is 0 Å². The molecule has 0 spiro atoms. The van der Waals surface area contributed by atoms with Gasteiger partial charge in [-0.3, -0.25) is 0 Å². The summed E-state index contributed by atoms with van der Waals surface area (Å²) in [7, 11) is 0. The van der Waals surface area contributed by atoms with Crippen LogP contribution in [0.1, 0.15) is 51.7 Å². The molecule has 2 heteroatoms. The van der Waals surface area contributed by atoms with Crippen molar-refractivity contribution in [2.45, 2.75) is 46.0 Å². The van der Waals surface area contributed by atoms with Crippen LogP contribution in [0.25, 0.3) is 143 Å². The Morgan fingerprint density at radius 1 is 0.253 bits per heavy atom. The molecule has 15 aromatic rings. The lowest BCUT2D eigenvalue weighted by Gasteiger charge is -2.20. The average Bonchev–Trinajstić information content (AvgIpc) is 4.24. The van der Waals surface area contributed by atoms with Gasteiger partial charge >= 0.3 is 0 Å². The molecule has 0 atom stereocenters. The Bertz CT molecular complexity index is 4960. The number of hydrogen-bond acceptors (Lipinski definition) is 0.